The number of aliphatic carboxylic acids is 2. The van der Waals surface area contributed by atoms with Crippen LogP contribution in [-0.2, 0) is 20.8 Å². The van der Waals surface area contributed by atoms with Crippen molar-refractivity contribution < 1.29 is 34.1 Å². The van der Waals surface area contributed by atoms with E-state index in [1.807, 2.05) is 42.5 Å². The molecule has 0 aromatic heterocycles. The van der Waals surface area contributed by atoms with Crippen molar-refractivity contribution in [3.8, 4) is 22.6 Å². The van der Waals surface area contributed by atoms with Gasteiger partial charge in [0.2, 0.25) is 5.91 Å². The standard InChI is InChI=1S/C25H29NO7/c1-32-20-4-3-5-21(33-2)22(20)16-8-6-15(7-9-16)14-19(25(30)31)26-23(27)17-10-12-18(13-11-17)24(28)29/h3-9,17-19H,10-14H2,1-2H3,(H,26,27)(H,28,29)(H,30,31)/t17-,18-,19-/m0/s1. The zero-order chi connectivity index (χ0) is 24.0. The molecule has 2 aromatic carbocycles. The van der Waals surface area contributed by atoms with Gasteiger partial charge in [-0.3, -0.25) is 9.59 Å². The average Bonchev–Trinajstić information content (AvgIpc) is 2.83. The molecular formula is C25H29NO7. The topological polar surface area (TPSA) is 122 Å². The van der Waals surface area contributed by atoms with E-state index in [1.54, 1.807) is 14.2 Å². The van der Waals surface area contributed by atoms with Crippen LogP contribution < -0.4 is 14.8 Å². The molecule has 1 aliphatic rings. The fourth-order valence-electron chi connectivity index (χ4n) is 4.27. The lowest BCUT2D eigenvalue weighted by Gasteiger charge is -2.26. The minimum atomic E-state index is -1.11. The maximum Gasteiger partial charge on any atom is 0.326 e. The Morgan fingerprint density at radius 1 is 0.909 bits per heavy atom. The molecule has 0 aliphatic heterocycles. The number of carbonyl (C=O) groups excluding carboxylic acids is 1. The van der Waals surface area contributed by atoms with E-state index >= 15 is 0 Å². The van der Waals surface area contributed by atoms with Gasteiger partial charge in [0.05, 0.1) is 25.7 Å². The normalized spacial score (nSPS) is 18.7. The van der Waals surface area contributed by atoms with E-state index in [0.717, 1.165) is 16.7 Å². The Balaban J connectivity index is 1.68. The van der Waals surface area contributed by atoms with Gasteiger partial charge in [-0.15, -0.1) is 0 Å². The van der Waals surface area contributed by atoms with Gasteiger partial charge in [0.15, 0.2) is 0 Å². The molecule has 1 fully saturated rings. The third-order valence-electron chi connectivity index (χ3n) is 6.17. The van der Waals surface area contributed by atoms with E-state index in [-0.39, 0.29) is 18.2 Å². The van der Waals surface area contributed by atoms with Crippen LogP contribution in [0.15, 0.2) is 42.5 Å². The molecule has 2 aromatic rings. The van der Waals surface area contributed by atoms with E-state index in [1.165, 1.54) is 0 Å². The average molecular weight is 456 g/mol. The number of hydrogen-bond donors (Lipinski definition) is 3. The molecule has 0 radical (unpaired) electrons. The maximum absolute atomic E-state index is 12.6. The summed E-state index contributed by atoms with van der Waals surface area (Å²) in [5.74, 6) is -1.75. The molecule has 0 saturated heterocycles. The fourth-order valence-corrected chi connectivity index (χ4v) is 4.27. The highest BCUT2D eigenvalue weighted by Crippen LogP contribution is 2.38. The van der Waals surface area contributed by atoms with Gasteiger partial charge < -0.3 is 25.0 Å². The number of carboxylic acids is 2. The minimum Gasteiger partial charge on any atom is -0.496 e. The van der Waals surface area contributed by atoms with Gasteiger partial charge in [-0.2, -0.15) is 0 Å². The SMILES string of the molecule is COc1cccc(OC)c1-c1ccc(C[C@H](NC(=O)[C@H]2CC[C@H](C(=O)O)CC2)C(=O)O)cc1. The van der Waals surface area contributed by atoms with Crippen molar-refractivity contribution in [2.75, 3.05) is 14.2 Å². The van der Waals surface area contributed by atoms with Gasteiger partial charge in [-0.25, -0.2) is 4.79 Å². The van der Waals surface area contributed by atoms with Gasteiger partial charge in [0, 0.05) is 12.3 Å². The number of hydrogen-bond acceptors (Lipinski definition) is 5. The van der Waals surface area contributed by atoms with Crippen LogP contribution in [-0.4, -0.2) is 48.3 Å². The van der Waals surface area contributed by atoms with Crippen molar-refractivity contribution in [3.63, 3.8) is 0 Å². The first kappa shape index (κ1) is 24.1. The highest BCUT2D eigenvalue weighted by Gasteiger charge is 2.31. The number of carboxylic acid groups (broad SMARTS) is 2. The van der Waals surface area contributed by atoms with E-state index in [4.69, 9.17) is 14.6 Å². The lowest BCUT2D eigenvalue weighted by atomic mass is 9.81. The molecule has 1 amide bonds. The van der Waals surface area contributed by atoms with E-state index in [0.29, 0.717) is 37.2 Å². The number of methoxy groups -OCH3 is 2. The first-order chi connectivity index (χ1) is 15.8. The first-order valence-corrected chi connectivity index (χ1v) is 10.9. The number of ether oxygens (including phenoxy) is 2. The minimum absolute atomic E-state index is 0.134. The Labute approximate surface area is 192 Å². The summed E-state index contributed by atoms with van der Waals surface area (Å²) in [4.78, 5) is 35.5. The number of nitrogens with one attached hydrogen (secondary N) is 1. The molecule has 0 heterocycles. The van der Waals surface area contributed by atoms with Crippen molar-refractivity contribution in [2.45, 2.75) is 38.1 Å². The Bertz CT molecular complexity index is 972. The molecule has 1 atom stereocenters. The summed E-state index contributed by atoms with van der Waals surface area (Å²) >= 11 is 0. The molecule has 1 aliphatic carbocycles. The predicted octanol–water partition coefficient (Wildman–Crippen LogP) is 3.37. The summed E-state index contributed by atoms with van der Waals surface area (Å²) in [6.45, 7) is 0. The Kier molecular flexibility index (Phi) is 7.92. The highest BCUT2D eigenvalue weighted by atomic mass is 16.5. The lowest BCUT2D eigenvalue weighted by molar-refractivity contribution is -0.144. The van der Waals surface area contributed by atoms with Gasteiger partial charge >= 0.3 is 11.9 Å². The van der Waals surface area contributed by atoms with Gasteiger partial charge in [0.25, 0.3) is 0 Å². The number of benzene rings is 2. The van der Waals surface area contributed by atoms with Crippen LogP contribution in [0, 0.1) is 11.8 Å². The summed E-state index contributed by atoms with van der Waals surface area (Å²) in [6.07, 6.45) is 1.89. The van der Waals surface area contributed by atoms with E-state index < -0.39 is 23.9 Å². The third kappa shape index (κ3) is 5.83. The molecular weight excluding hydrogens is 426 g/mol. The third-order valence-corrected chi connectivity index (χ3v) is 6.17. The van der Waals surface area contributed by atoms with Gasteiger partial charge in [-0.1, -0.05) is 30.3 Å². The van der Waals surface area contributed by atoms with Crippen molar-refractivity contribution in [2.24, 2.45) is 11.8 Å². The molecule has 0 spiro atoms. The molecule has 0 bridgehead atoms. The maximum atomic E-state index is 12.6. The van der Waals surface area contributed by atoms with Crippen LogP contribution in [0.25, 0.3) is 11.1 Å². The summed E-state index contributed by atoms with van der Waals surface area (Å²) in [6, 6.07) is 11.8. The van der Waals surface area contributed by atoms with Crippen LogP contribution in [0.5, 0.6) is 11.5 Å². The summed E-state index contributed by atoms with van der Waals surface area (Å²) < 4.78 is 10.9. The Morgan fingerprint density at radius 3 is 1.94 bits per heavy atom. The molecule has 33 heavy (non-hydrogen) atoms. The summed E-state index contributed by atoms with van der Waals surface area (Å²) in [5, 5.41) is 21.4. The fraction of sp³-hybridized carbons (Fsp3) is 0.400. The molecule has 8 heteroatoms. The smallest absolute Gasteiger partial charge is 0.326 e. The number of rotatable bonds is 9. The molecule has 176 valence electrons. The summed E-state index contributed by atoms with van der Waals surface area (Å²) in [5.41, 5.74) is 2.42. The quantitative estimate of drug-likeness (QED) is 0.530. The van der Waals surface area contributed by atoms with Crippen molar-refractivity contribution in [1.29, 1.82) is 0 Å². The molecule has 3 rings (SSSR count). The van der Waals surface area contributed by atoms with E-state index in [9.17, 15) is 19.5 Å². The monoisotopic (exact) mass is 455 g/mol. The van der Waals surface area contributed by atoms with Crippen LogP contribution in [0.2, 0.25) is 0 Å². The first-order valence-electron chi connectivity index (χ1n) is 10.9. The second kappa shape index (κ2) is 10.8. The molecule has 8 nitrogen and oxygen atoms in total. The van der Waals surface area contributed by atoms with Crippen LogP contribution in [0.1, 0.15) is 31.2 Å². The Hall–Kier alpha value is -3.55. The number of carbonyl (C=O) groups is 3. The van der Waals surface area contributed by atoms with Crippen LogP contribution in [0.3, 0.4) is 0 Å². The van der Waals surface area contributed by atoms with Crippen molar-refractivity contribution in [1.82, 2.24) is 5.32 Å². The molecule has 3 N–H and O–H groups in total. The zero-order valence-electron chi connectivity index (χ0n) is 18.7. The molecule has 0 unspecified atom stereocenters. The van der Waals surface area contributed by atoms with Crippen molar-refractivity contribution >= 4 is 17.8 Å². The van der Waals surface area contributed by atoms with Crippen molar-refractivity contribution in [3.05, 3.63) is 48.0 Å². The zero-order valence-corrected chi connectivity index (χ0v) is 18.7. The number of amides is 1. The van der Waals surface area contributed by atoms with Gasteiger partial charge in [0.1, 0.15) is 17.5 Å². The van der Waals surface area contributed by atoms with E-state index in [2.05, 4.69) is 5.32 Å². The van der Waals surface area contributed by atoms with Gasteiger partial charge in [-0.05, 0) is 48.9 Å². The molecule has 1 saturated carbocycles. The second-order valence-corrected chi connectivity index (χ2v) is 8.22. The lowest BCUT2D eigenvalue weighted by Crippen LogP contribution is -2.45. The second-order valence-electron chi connectivity index (χ2n) is 8.22. The van der Waals surface area contributed by atoms with Crippen LogP contribution in [0.4, 0.5) is 0 Å². The largest absolute Gasteiger partial charge is 0.496 e. The summed E-state index contributed by atoms with van der Waals surface area (Å²) in [7, 11) is 3.17. The Morgan fingerprint density at radius 2 is 1.45 bits per heavy atom. The predicted molar refractivity (Wildman–Crippen MR) is 121 cm³/mol. The highest BCUT2D eigenvalue weighted by molar-refractivity contribution is 5.85. The van der Waals surface area contributed by atoms with Crippen LogP contribution >= 0.6 is 0 Å².